The fourth-order valence-corrected chi connectivity index (χ4v) is 2.55. The van der Waals surface area contributed by atoms with Crippen molar-refractivity contribution in [2.45, 2.75) is 12.8 Å². The van der Waals surface area contributed by atoms with E-state index in [1.54, 1.807) is 12.1 Å². The Morgan fingerprint density at radius 1 is 1.00 bits per heavy atom. The first-order valence-electron chi connectivity index (χ1n) is 6.07. The van der Waals surface area contributed by atoms with E-state index in [4.69, 9.17) is 0 Å². The van der Waals surface area contributed by atoms with E-state index in [9.17, 15) is 14.9 Å². The van der Waals surface area contributed by atoms with E-state index < -0.39 is 4.92 Å². The second-order valence-electron chi connectivity index (χ2n) is 4.56. The highest BCUT2D eigenvalue weighted by Crippen LogP contribution is 2.33. The zero-order chi connectivity index (χ0) is 13.4. The number of fused-ring (bicyclic) bond motifs is 1. The zero-order valence-electron chi connectivity index (χ0n) is 10.1. The molecule has 4 nitrogen and oxygen atoms in total. The Balaban J connectivity index is 2.16. The van der Waals surface area contributed by atoms with Gasteiger partial charge < -0.3 is 0 Å². The third kappa shape index (κ3) is 1.91. The summed E-state index contributed by atoms with van der Waals surface area (Å²) in [7, 11) is 0. The number of benzene rings is 2. The zero-order valence-corrected chi connectivity index (χ0v) is 10.1. The number of Topliss-reactive ketones (excluding diaryl/α,β-unsaturated/α-hetero) is 1. The predicted octanol–water partition coefficient (Wildman–Crippen LogP) is 3.39. The smallest absolute Gasteiger partial charge is 0.270 e. The first-order valence-corrected chi connectivity index (χ1v) is 6.07. The maximum absolute atomic E-state index is 11.7. The minimum absolute atomic E-state index is 0.0689. The Morgan fingerprint density at radius 3 is 2.53 bits per heavy atom. The topological polar surface area (TPSA) is 60.2 Å². The highest BCUT2D eigenvalue weighted by molar-refractivity contribution is 6.02. The van der Waals surface area contributed by atoms with E-state index in [1.165, 1.54) is 6.07 Å². The largest absolute Gasteiger partial charge is 0.294 e. The summed E-state index contributed by atoms with van der Waals surface area (Å²) in [6, 6.07) is 12.1. The summed E-state index contributed by atoms with van der Waals surface area (Å²) < 4.78 is 0. The number of ketones is 1. The highest BCUT2D eigenvalue weighted by Gasteiger charge is 2.22. The lowest BCUT2D eigenvalue weighted by molar-refractivity contribution is -0.384. The molecule has 0 spiro atoms. The first kappa shape index (κ1) is 11.6. The molecule has 3 rings (SSSR count). The van der Waals surface area contributed by atoms with Gasteiger partial charge in [0.15, 0.2) is 5.78 Å². The van der Waals surface area contributed by atoms with Gasteiger partial charge in [0.05, 0.1) is 4.92 Å². The van der Waals surface area contributed by atoms with Crippen LogP contribution in [0, 0.1) is 10.1 Å². The Hall–Kier alpha value is -2.49. The average Bonchev–Trinajstić information content (AvgIpc) is 2.81. The SMILES string of the molecule is O=C1CCc2c1cccc2-c1cccc([N+](=O)[O-])c1. The van der Waals surface area contributed by atoms with E-state index in [-0.39, 0.29) is 11.5 Å². The summed E-state index contributed by atoms with van der Waals surface area (Å²) in [4.78, 5) is 22.1. The van der Waals surface area contributed by atoms with Gasteiger partial charge in [-0.2, -0.15) is 0 Å². The third-order valence-corrected chi connectivity index (χ3v) is 3.45. The number of nitrogens with zero attached hydrogens (tertiary/aromatic N) is 1. The molecule has 0 saturated carbocycles. The van der Waals surface area contributed by atoms with Gasteiger partial charge in [-0.25, -0.2) is 0 Å². The van der Waals surface area contributed by atoms with E-state index >= 15 is 0 Å². The van der Waals surface area contributed by atoms with Crippen LogP contribution in [0.15, 0.2) is 42.5 Å². The molecule has 2 aromatic carbocycles. The van der Waals surface area contributed by atoms with Gasteiger partial charge in [0, 0.05) is 24.1 Å². The number of non-ortho nitro benzene ring substituents is 1. The fourth-order valence-electron chi connectivity index (χ4n) is 2.55. The van der Waals surface area contributed by atoms with Gasteiger partial charge in [-0.3, -0.25) is 14.9 Å². The van der Waals surface area contributed by atoms with E-state index in [0.29, 0.717) is 12.8 Å². The number of hydrogen-bond acceptors (Lipinski definition) is 3. The molecule has 0 unspecified atom stereocenters. The van der Waals surface area contributed by atoms with Crippen molar-refractivity contribution in [3.05, 3.63) is 63.7 Å². The molecule has 0 aliphatic heterocycles. The number of carbonyl (C=O) groups excluding carboxylic acids is 1. The van der Waals surface area contributed by atoms with Gasteiger partial charge in [-0.1, -0.05) is 30.3 Å². The molecular weight excluding hydrogens is 242 g/mol. The van der Waals surface area contributed by atoms with E-state index in [0.717, 1.165) is 22.3 Å². The third-order valence-electron chi connectivity index (χ3n) is 3.45. The standard InChI is InChI=1S/C15H11NO3/c17-15-8-7-13-12(5-2-6-14(13)15)10-3-1-4-11(9-10)16(18)19/h1-6,9H,7-8H2. The second kappa shape index (κ2) is 4.31. The monoisotopic (exact) mass is 253 g/mol. The molecule has 0 amide bonds. The number of nitro benzene ring substituents is 1. The van der Waals surface area contributed by atoms with Crippen LogP contribution in [0.1, 0.15) is 22.3 Å². The van der Waals surface area contributed by atoms with Crippen molar-refractivity contribution in [3.8, 4) is 11.1 Å². The van der Waals surface area contributed by atoms with Gasteiger partial charge >= 0.3 is 0 Å². The summed E-state index contributed by atoms with van der Waals surface area (Å²) >= 11 is 0. The van der Waals surface area contributed by atoms with Gasteiger partial charge in [0.2, 0.25) is 0 Å². The van der Waals surface area contributed by atoms with Gasteiger partial charge in [0.1, 0.15) is 0 Å². The Morgan fingerprint density at radius 2 is 1.74 bits per heavy atom. The van der Waals surface area contributed by atoms with Crippen LogP contribution in [0.3, 0.4) is 0 Å². The lowest BCUT2D eigenvalue weighted by Gasteiger charge is -2.07. The molecule has 0 fully saturated rings. The Labute approximate surface area is 109 Å². The summed E-state index contributed by atoms with van der Waals surface area (Å²) in [6.07, 6.45) is 1.24. The maximum atomic E-state index is 11.7. The summed E-state index contributed by atoms with van der Waals surface area (Å²) in [5.41, 5.74) is 3.55. The van der Waals surface area contributed by atoms with Crippen molar-refractivity contribution in [3.63, 3.8) is 0 Å². The van der Waals surface area contributed by atoms with Crippen LogP contribution in [0.25, 0.3) is 11.1 Å². The number of hydrogen-bond donors (Lipinski definition) is 0. The Kier molecular flexibility index (Phi) is 2.63. The van der Waals surface area contributed by atoms with Crippen molar-refractivity contribution in [2.75, 3.05) is 0 Å². The highest BCUT2D eigenvalue weighted by atomic mass is 16.6. The predicted molar refractivity (Wildman–Crippen MR) is 71.2 cm³/mol. The minimum atomic E-state index is -0.405. The van der Waals surface area contributed by atoms with Gasteiger partial charge in [-0.05, 0) is 23.1 Å². The molecule has 0 radical (unpaired) electrons. The van der Waals surface area contributed by atoms with Crippen LogP contribution in [-0.4, -0.2) is 10.7 Å². The molecule has 0 heterocycles. The minimum Gasteiger partial charge on any atom is -0.294 e. The molecule has 0 atom stereocenters. The first-order chi connectivity index (χ1) is 9.16. The molecule has 1 aliphatic carbocycles. The van der Waals surface area contributed by atoms with Crippen molar-refractivity contribution < 1.29 is 9.72 Å². The van der Waals surface area contributed by atoms with Gasteiger partial charge in [0.25, 0.3) is 5.69 Å². The molecule has 0 aromatic heterocycles. The molecular formula is C15H11NO3. The average molecular weight is 253 g/mol. The summed E-state index contributed by atoms with van der Waals surface area (Å²) in [5, 5.41) is 10.8. The van der Waals surface area contributed by atoms with Crippen LogP contribution in [0.2, 0.25) is 0 Å². The number of carbonyl (C=O) groups is 1. The quantitative estimate of drug-likeness (QED) is 0.608. The van der Waals surface area contributed by atoms with Crippen molar-refractivity contribution >= 4 is 11.5 Å². The Bertz CT molecular complexity index is 692. The fraction of sp³-hybridized carbons (Fsp3) is 0.133. The molecule has 0 bridgehead atoms. The summed E-state index contributed by atoms with van der Waals surface area (Å²) in [5.74, 6) is 0.155. The normalized spacial score (nSPS) is 13.4. The van der Waals surface area contributed by atoms with E-state index in [1.807, 2.05) is 24.3 Å². The lowest BCUT2D eigenvalue weighted by atomic mass is 9.96. The molecule has 2 aromatic rings. The van der Waals surface area contributed by atoms with Crippen LogP contribution < -0.4 is 0 Å². The molecule has 94 valence electrons. The second-order valence-corrected chi connectivity index (χ2v) is 4.56. The maximum Gasteiger partial charge on any atom is 0.270 e. The van der Waals surface area contributed by atoms with Crippen LogP contribution in [-0.2, 0) is 6.42 Å². The number of rotatable bonds is 2. The number of nitro groups is 1. The lowest BCUT2D eigenvalue weighted by Crippen LogP contribution is -1.93. The van der Waals surface area contributed by atoms with Gasteiger partial charge in [-0.15, -0.1) is 0 Å². The van der Waals surface area contributed by atoms with Crippen molar-refractivity contribution in [1.29, 1.82) is 0 Å². The van der Waals surface area contributed by atoms with Crippen LogP contribution in [0.4, 0.5) is 5.69 Å². The molecule has 19 heavy (non-hydrogen) atoms. The molecule has 4 heteroatoms. The van der Waals surface area contributed by atoms with E-state index in [2.05, 4.69) is 0 Å². The molecule has 1 aliphatic rings. The summed E-state index contributed by atoms with van der Waals surface area (Å²) in [6.45, 7) is 0. The molecule has 0 N–H and O–H groups in total. The van der Waals surface area contributed by atoms with Crippen molar-refractivity contribution in [1.82, 2.24) is 0 Å². The van der Waals surface area contributed by atoms with Crippen LogP contribution >= 0.6 is 0 Å². The van der Waals surface area contributed by atoms with Crippen LogP contribution in [0.5, 0.6) is 0 Å². The van der Waals surface area contributed by atoms with Crippen molar-refractivity contribution in [2.24, 2.45) is 0 Å². The molecule has 0 saturated heterocycles.